The van der Waals surface area contributed by atoms with Crippen molar-refractivity contribution >= 4 is 51.2 Å². The molecule has 0 unspecified atom stereocenters. The largest absolute Gasteiger partial charge is 0.493 e. The Balaban J connectivity index is 1.56. The van der Waals surface area contributed by atoms with Crippen LogP contribution in [0, 0.1) is 9.77 Å². The number of aromatic nitrogens is 2. The topological polar surface area (TPSA) is 27.1 Å². The van der Waals surface area contributed by atoms with Crippen LogP contribution < -0.4 is 4.74 Å². The summed E-state index contributed by atoms with van der Waals surface area (Å²) in [6.07, 6.45) is 0. The van der Waals surface area contributed by atoms with Crippen LogP contribution in [-0.2, 0) is 0 Å². The minimum Gasteiger partial charge on any atom is -0.493 e. The molecule has 3 rings (SSSR count). The Labute approximate surface area is 160 Å². The SMILES string of the molecule is Fc1ccc(-n2nc(SCCOc3ccc(Br)cc3)sc2=S)cc1. The molecule has 3 aromatic rings. The lowest BCUT2D eigenvalue weighted by molar-refractivity contribution is 0.344. The second kappa shape index (κ2) is 8.24. The average Bonchev–Trinajstić information content (AvgIpc) is 2.95. The Kier molecular flexibility index (Phi) is 6.04. The molecule has 3 nitrogen and oxygen atoms in total. The van der Waals surface area contributed by atoms with Gasteiger partial charge in [0.1, 0.15) is 11.6 Å². The molecule has 1 heterocycles. The van der Waals surface area contributed by atoms with E-state index < -0.39 is 0 Å². The van der Waals surface area contributed by atoms with Gasteiger partial charge in [-0.05, 0) is 60.7 Å². The summed E-state index contributed by atoms with van der Waals surface area (Å²) in [7, 11) is 0. The van der Waals surface area contributed by atoms with E-state index in [2.05, 4.69) is 21.0 Å². The average molecular weight is 443 g/mol. The van der Waals surface area contributed by atoms with Crippen molar-refractivity contribution in [1.82, 2.24) is 9.78 Å². The summed E-state index contributed by atoms with van der Waals surface area (Å²) in [6.45, 7) is 0.579. The van der Waals surface area contributed by atoms with Crippen molar-refractivity contribution in [3.8, 4) is 11.4 Å². The Morgan fingerprint density at radius 3 is 2.58 bits per heavy atom. The highest BCUT2D eigenvalue weighted by molar-refractivity contribution is 9.10. The van der Waals surface area contributed by atoms with E-state index in [0.717, 1.165) is 26.0 Å². The molecule has 0 fully saturated rings. The lowest BCUT2D eigenvalue weighted by atomic mass is 10.3. The van der Waals surface area contributed by atoms with Crippen LogP contribution in [-0.4, -0.2) is 22.1 Å². The van der Waals surface area contributed by atoms with Crippen molar-refractivity contribution in [1.29, 1.82) is 0 Å². The lowest BCUT2D eigenvalue weighted by Crippen LogP contribution is -2.00. The molecule has 0 bridgehead atoms. The lowest BCUT2D eigenvalue weighted by Gasteiger charge is -2.04. The van der Waals surface area contributed by atoms with Crippen LogP contribution in [0.25, 0.3) is 5.69 Å². The summed E-state index contributed by atoms with van der Waals surface area (Å²) < 4.78 is 22.9. The minimum absolute atomic E-state index is 0.278. The van der Waals surface area contributed by atoms with Crippen molar-refractivity contribution in [3.05, 3.63) is 62.8 Å². The van der Waals surface area contributed by atoms with Crippen LogP contribution >= 0.6 is 51.2 Å². The van der Waals surface area contributed by atoms with Crippen LogP contribution in [0.3, 0.4) is 0 Å². The normalized spacial score (nSPS) is 10.8. The van der Waals surface area contributed by atoms with Crippen LogP contribution in [0.15, 0.2) is 57.3 Å². The third-order valence-corrected chi connectivity index (χ3v) is 5.85. The highest BCUT2D eigenvalue weighted by Crippen LogP contribution is 2.24. The fourth-order valence-electron chi connectivity index (χ4n) is 1.88. The molecular weight excluding hydrogens is 431 g/mol. The third-order valence-electron chi connectivity index (χ3n) is 2.99. The Bertz CT molecular complexity index is 862. The quantitative estimate of drug-likeness (QED) is 0.276. The fraction of sp³-hybridized carbons (Fsp3) is 0.125. The van der Waals surface area contributed by atoms with Crippen molar-refractivity contribution in [2.45, 2.75) is 4.34 Å². The summed E-state index contributed by atoms with van der Waals surface area (Å²) in [4.78, 5) is 0. The summed E-state index contributed by atoms with van der Waals surface area (Å²) in [5.41, 5.74) is 0.760. The van der Waals surface area contributed by atoms with E-state index in [1.165, 1.54) is 23.5 Å². The van der Waals surface area contributed by atoms with E-state index in [4.69, 9.17) is 17.0 Å². The second-order valence-corrected chi connectivity index (χ2v) is 8.55. The van der Waals surface area contributed by atoms with Crippen molar-refractivity contribution < 1.29 is 9.13 Å². The van der Waals surface area contributed by atoms with Gasteiger partial charge in [0.15, 0.2) is 8.29 Å². The highest BCUT2D eigenvalue weighted by Gasteiger charge is 2.07. The first-order chi connectivity index (χ1) is 11.6. The number of thioether (sulfide) groups is 1. The van der Waals surface area contributed by atoms with E-state index in [9.17, 15) is 4.39 Å². The maximum absolute atomic E-state index is 13.0. The Hall–Kier alpha value is -1.22. The molecule has 0 amide bonds. The van der Waals surface area contributed by atoms with Crippen molar-refractivity contribution in [2.75, 3.05) is 12.4 Å². The van der Waals surface area contributed by atoms with Gasteiger partial charge in [-0.1, -0.05) is 39.0 Å². The van der Waals surface area contributed by atoms with Gasteiger partial charge in [0.05, 0.1) is 12.3 Å². The molecular formula is C16H12BrFN2OS3. The van der Waals surface area contributed by atoms with E-state index in [1.807, 2.05) is 24.3 Å². The first kappa shape index (κ1) is 17.6. The van der Waals surface area contributed by atoms with Gasteiger partial charge in [-0.25, -0.2) is 9.07 Å². The molecule has 2 aromatic carbocycles. The van der Waals surface area contributed by atoms with Gasteiger partial charge in [0.2, 0.25) is 0 Å². The molecule has 124 valence electrons. The highest BCUT2D eigenvalue weighted by atomic mass is 79.9. The van der Waals surface area contributed by atoms with Crippen LogP contribution in [0.1, 0.15) is 0 Å². The number of halogens is 2. The molecule has 0 aliphatic heterocycles. The van der Waals surface area contributed by atoms with Gasteiger partial charge in [0.25, 0.3) is 0 Å². The summed E-state index contributed by atoms with van der Waals surface area (Å²) in [6, 6.07) is 13.8. The predicted molar refractivity (Wildman–Crippen MR) is 103 cm³/mol. The van der Waals surface area contributed by atoms with Gasteiger partial charge in [-0.15, -0.1) is 5.10 Å². The minimum atomic E-state index is -0.278. The predicted octanol–water partition coefficient (Wildman–Crippen LogP) is 5.74. The van der Waals surface area contributed by atoms with E-state index >= 15 is 0 Å². The number of hydrogen-bond acceptors (Lipinski definition) is 5. The molecule has 0 spiro atoms. The van der Waals surface area contributed by atoms with Gasteiger partial charge < -0.3 is 4.74 Å². The molecule has 0 radical (unpaired) electrons. The van der Waals surface area contributed by atoms with Gasteiger partial charge in [0, 0.05) is 10.2 Å². The number of hydrogen-bond donors (Lipinski definition) is 0. The second-order valence-electron chi connectivity index (χ2n) is 4.67. The maximum atomic E-state index is 13.0. The third kappa shape index (κ3) is 4.66. The first-order valence-electron chi connectivity index (χ1n) is 6.99. The van der Waals surface area contributed by atoms with Crippen LogP contribution in [0.5, 0.6) is 5.75 Å². The maximum Gasteiger partial charge on any atom is 0.184 e. The molecule has 0 atom stereocenters. The van der Waals surface area contributed by atoms with E-state index in [0.29, 0.717) is 10.6 Å². The number of benzene rings is 2. The number of rotatable bonds is 6. The molecule has 0 saturated heterocycles. The van der Waals surface area contributed by atoms with Gasteiger partial charge in [-0.3, -0.25) is 0 Å². The van der Waals surface area contributed by atoms with Crippen LogP contribution in [0.4, 0.5) is 4.39 Å². The van der Waals surface area contributed by atoms with E-state index in [-0.39, 0.29) is 5.82 Å². The molecule has 0 saturated carbocycles. The Morgan fingerprint density at radius 1 is 1.17 bits per heavy atom. The number of nitrogens with zero attached hydrogens (tertiary/aromatic N) is 2. The fourth-order valence-corrected chi connectivity index (χ4v) is 4.40. The molecule has 0 aliphatic rings. The van der Waals surface area contributed by atoms with Crippen molar-refractivity contribution in [3.63, 3.8) is 0 Å². The smallest absolute Gasteiger partial charge is 0.184 e. The zero-order chi connectivity index (χ0) is 16.9. The zero-order valence-corrected chi connectivity index (χ0v) is 16.4. The first-order valence-corrected chi connectivity index (χ1v) is 9.99. The van der Waals surface area contributed by atoms with Crippen LogP contribution in [0.2, 0.25) is 0 Å². The number of ether oxygens (including phenoxy) is 1. The summed E-state index contributed by atoms with van der Waals surface area (Å²) in [5, 5.41) is 4.48. The summed E-state index contributed by atoms with van der Waals surface area (Å²) >= 11 is 11.7. The molecule has 1 aromatic heterocycles. The van der Waals surface area contributed by atoms with E-state index in [1.54, 1.807) is 28.6 Å². The molecule has 0 aliphatic carbocycles. The van der Waals surface area contributed by atoms with Crippen molar-refractivity contribution in [2.24, 2.45) is 0 Å². The summed E-state index contributed by atoms with van der Waals surface area (Å²) in [5.74, 6) is 1.32. The molecule has 24 heavy (non-hydrogen) atoms. The standard InChI is InChI=1S/C16H12BrFN2OS3/c17-11-1-7-14(8-2-11)21-9-10-23-15-19-20(16(22)24-15)13-5-3-12(18)4-6-13/h1-8H,9-10H2. The molecule has 0 N–H and O–H groups in total. The monoisotopic (exact) mass is 442 g/mol. The Morgan fingerprint density at radius 2 is 1.88 bits per heavy atom. The zero-order valence-electron chi connectivity index (χ0n) is 12.3. The van der Waals surface area contributed by atoms with Gasteiger partial charge >= 0.3 is 0 Å². The van der Waals surface area contributed by atoms with Gasteiger partial charge in [-0.2, -0.15) is 0 Å². The molecule has 8 heteroatoms.